The highest BCUT2D eigenvalue weighted by molar-refractivity contribution is 7.99. The molecule has 90 valence electrons. The van der Waals surface area contributed by atoms with Crippen molar-refractivity contribution in [3.63, 3.8) is 0 Å². The van der Waals surface area contributed by atoms with Crippen molar-refractivity contribution >= 4 is 11.8 Å². The molecule has 0 bridgehead atoms. The minimum atomic E-state index is 0.698. The van der Waals surface area contributed by atoms with Crippen LogP contribution in [0.15, 0.2) is 0 Å². The van der Waals surface area contributed by atoms with Crippen LogP contribution in [0.2, 0.25) is 0 Å². The third-order valence-corrected chi connectivity index (χ3v) is 4.20. The summed E-state index contributed by atoms with van der Waals surface area (Å²) in [7, 11) is 2.26. The lowest BCUT2D eigenvalue weighted by atomic mass is 10.0. The summed E-state index contributed by atoms with van der Waals surface area (Å²) in [5.74, 6) is 3.36. The number of hydrogen-bond acceptors (Lipinski definition) is 3. The summed E-state index contributed by atoms with van der Waals surface area (Å²) in [6.07, 6.45) is 1.30. The van der Waals surface area contributed by atoms with E-state index in [4.69, 9.17) is 0 Å². The van der Waals surface area contributed by atoms with Crippen LogP contribution in [0.4, 0.5) is 0 Å². The molecule has 1 heterocycles. The predicted molar refractivity (Wildman–Crippen MR) is 70.7 cm³/mol. The first-order valence-electron chi connectivity index (χ1n) is 6.11. The Morgan fingerprint density at radius 2 is 2.13 bits per heavy atom. The number of hydrogen-bond donors (Lipinski definition) is 1. The van der Waals surface area contributed by atoms with Gasteiger partial charge in [0, 0.05) is 36.7 Å². The van der Waals surface area contributed by atoms with Crippen molar-refractivity contribution in [2.24, 2.45) is 5.92 Å². The van der Waals surface area contributed by atoms with Crippen LogP contribution in [0, 0.1) is 5.92 Å². The van der Waals surface area contributed by atoms with Crippen molar-refractivity contribution in [2.45, 2.75) is 39.3 Å². The second kappa shape index (κ2) is 6.77. The lowest BCUT2D eigenvalue weighted by Crippen LogP contribution is -2.47. The maximum Gasteiger partial charge on any atom is 0.0285 e. The largest absolute Gasteiger partial charge is 0.311 e. The average Bonchev–Trinajstić information content (AvgIpc) is 2.18. The molecular weight excluding hydrogens is 204 g/mol. The first-order valence-corrected chi connectivity index (χ1v) is 7.26. The molecule has 2 unspecified atom stereocenters. The van der Waals surface area contributed by atoms with Gasteiger partial charge in [-0.15, -0.1) is 0 Å². The van der Waals surface area contributed by atoms with Crippen molar-refractivity contribution in [3.05, 3.63) is 0 Å². The van der Waals surface area contributed by atoms with Crippen LogP contribution in [0.3, 0.4) is 0 Å². The first-order chi connectivity index (χ1) is 7.09. The van der Waals surface area contributed by atoms with Crippen molar-refractivity contribution in [1.82, 2.24) is 10.2 Å². The van der Waals surface area contributed by atoms with Crippen molar-refractivity contribution in [2.75, 3.05) is 31.6 Å². The van der Waals surface area contributed by atoms with Crippen molar-refractivity contribution in [1.29, 1.82) is 0 Å². The summed E-state index contributed by atoms with van der Waals surface area (Å²) < 4.78 is 0. The molecule has 0 aromatic carbocycles. The lowest BCUT2D eigenvalue weighted by molar-refractivity contribution is 0.210. The summed E-state index contributed by atoms with van der Waals surface area (Å²) in [5, 5.41) is 3.60. The zero-order valence-electron chi connectivity index (χ0n) is 10.6. The molecule has 1 fully saturated rings. The Bertz CT molecular complexity index is 167. The SMILES string of the molecule is CC(C)CC(C)N(C)CC1CSCCN1. The molecule has 0 aliphatic carbocycles. The molecule has 0 amide bonds. The van der Waals surface area contributed by atoms with Gasteiger partial charge in [-0.1, -0.05) is 13.8 Å². The second-order valence-corrected chi connectivity index (χ2v) is 6.29. The Balaban J connectivity index is 2.23. The molecule has 0 spiro atoms. The van der Waals surface area contributed by atoms with Gasteiger partial charge >= 0.3 is 0 Å². The van der Waals surface area contributed by atoms with Gasteiger partial charge in [-0.25, -0.2) is 0 Å². The molecule has 1 aliphatic heterocycles. The molecule has 1 aliphatic rings. The minimum Gasteiger partial charge on any atom is -0.311 e. The average molecular weight is 230 g/mol. The van der Waals surface area contributed by atoms with E-state index in [0.29, 0.717) is 12.1 Å². The maximum absolute atomic E-state index is 3.60. The highest BCUT2D eigenvalue weighted by atomic mass is 32.2. The predicted octanol–water partition coefficient (Wildman–Crippen LogP) is 2.06. The second-order valence-electron chi connectivity index (χ2n) is 5.14. The summed E-state index contributed by atoms with van der Waals surface area (Å²) in [4.78, 5) is 2.50. The minimum absolute atomic E-state index is 0.698. The zero-order chi connectivity index (χ0) is 11.3. The number of rotatable bonds is 5. The third-order valence-electron chi connectivity index (χ3n) is 3.07. The number of nitrogens with zero attached hydrogens (tertiary/aromatic N) is 1. The van der Waals surface area contributed by atoms with Gasteiger partial charge in [-0.2, -0.15) is 11.8 Å². The zero-order valence-corrected chi connectivity index (χ0v) is 11.4. The van der Waals surface area contributed by atoms with E-state index in [9.17, 15) is 0 Å². The van der Waals surface area contributed by atoms with Gasteiger partial charge < -0.3 is 10.2 Å². The Hall–Kier alpha value is 0.270. The highest BCUT2D eigenvalue weighted by Gasteiger charge is 2.18. The Morgan fingerprint density at radius 1 is 1.40 bits per heavy atom. The van der Waals surface area contributed by atoms with E-state index < -0.39 is 0 Å². The number of nitrogens with one attached hydrogen (secondary N) is 1. The summed E-state index contributed by atoms with van der Waals surface area (Å²) >= 11 is 2.08. The monoisotopic (exact) mass is 230 g/mol. The quantitative estimate of drug-likeness (QED) is 0.778. The molecule has 1 rings (SSSR count). The van der Waals surface area contributed by atoms with Crippen molar-refractivity contribution < 1.29 is 0 Å². The molecule has 2 atom stereocenters. The van der Waals surface area contributed by atoms with E-state index in [1.165, 1.54) is 31.0 Å². The molecule has 1 saturated heterocycles. The van der Waals surface area contributed by atoms with Crippen LogP contribution in [-0.2, 0) is 0 Å². The molecule has 15 heavy (non-hydrogen) atoms. The Morgan fingerprint density at radius 3 is 2.67 bits per heavy atom. The molecule has 0 aromatic rings. The van der Waals surface area contributed by atoms with Gasteiger partial charge in [0.1, 0.15) is 0 Å². The van der Waals surface area contributed by atoms with Crippen LogP contribution >= 0.6 is 11.8 Å². The smallest absolute Gasteiger partial charge is 0.0285 e. The normalized spacial score (nSPS) is 24.8. The van der Waals surface area contributed by atoms with Crippen LogP contribution in [0.25, 0.3) is 0 Å². The van der Waals surface area contributed by atoms with Crippen molar-refractivity contribution in [3.8, 4) is 0 Å². The molecule has 3 heteroatoms. The fourth-order valence-electron chi connectivity index (χ4n) is 2.13. The standard InChI is InChI=1S/C12H26N2S/c1-10(2)7-11(3)14(4)8-12-9-15-6-5-13-12/h10-13H,5-9H2,1-4H3. The molecule has 1 N–H and O–H groups in total. The summed E-state index contributed by atoms with van der Waals surface area (Å²) in [6, 6.07) is 1.40. The third kappa shape index (κ3) is 5.23. The molecule has 2 nitrogen and oxygen atoms in total. The number of thioether (sulfide) groups is 1. The van der Waals surface area contributed by atoms with E-state index in [0.717, 1.165) is 5.92 Å². The van der Waals surface area contributed by atoms with E-state index in [2.05, 4.69) is 49.8 Å². The van der Waals surface area contributed by atoms with E-state index in [-0.39, 0.29) is 0 Å². The molecule has 0 aromatic heterocycles. The number of likely N-dealkylation sites (N-methyl/N-ethyl adjacent to an activating group) is 1. The summed E-state index contributed by atoms with van der Waals surface area (Å²) in [5.41, 5.74) is 0. The Kier molecular flexibility index (Phi) is 6.02. The fraction of sp³-hybridized carbons (Fsp3) is 1.00. The van der Waals surface area contributed by atoms with Gasteiger partial charge in [-0.05, 0) is 26.3 Å². The van der Waals surface area contributed by atoms with Gasteiger partial charge in [-0.3, -0.25) is 0 Å². The van der Waals surface area contributed by atoms with Gasteiger partial charge in [0.15, 0.2) is 0 Å². The molecule has 0 saturated carbocycles. The van der Waals surface area contributed by atoms with E-state index in [1.54, 1.807) is 0 Å². The summed E-state index contributed by atoms with van der Waals surface area (Å²) in [6.45, 7) is 9.33. The fourth-order valence-corrected chi connectivity index (χ4v) is 3.06. The maximum atomic E-state index is 3.60. The van der Waals surface area contributed by atoms with E-state index in [1.807, 2.05) is 0 Å². The molecular formula is C12H26N2S. The lowest BCUT2D eigenvalue weighted by Gasteiger charge is -2.32. The van der Waals surface area contributed by atoms with Crippen LogP contribution in [0.5, 0.6) is 0 Å². The van der Waals surface area contributed by atoms with Crippen LogP contribution in [-0.4, -0.2) is 48.6 Å². The first kappa shape index (κ1) is 13.3. The van der Waals surface area contributed by atoms with Crippen LogP contribution in [0.1, 0.15) is 27.2 Å². The van der Waals surface area contributed by atoms with Crippen LogP contribution < -0.4 is 5.32 Å². The molecule has 0 radical (unpaired) electrons. The topological polar surface area (TPSA) is 15.3 Å². The van der Waals surface area contributed by atoms with Gasteiger partial charge in [0.05, 0.1) is 0 Å². The Labute approximate surface area is 99.2 Å². The van der Waals surface area contributed by atoms with E-state index >= 15 is 0 Å². The van der Waals surface area contributed by atoms with Gasteiger partial charge in [0.25, 0.3) is 0 Å². The highest BCUT2D eigenvalue weighted by Crippen LogP contribution is 2.13. The van der Waals surface area contributed by atoms with Gasteiger partial charge in [0.2, 0.25) is 0 Å².